The Balaban J connectivity index is 2.67. The molecule has 1 heterocycles. The van der Waals surface area contributed by atoms with Crippen LogP contribution < -0.4 is 5.32 Å². The molecule has 0 fully saturated rings. The summed E-state index contributed by atoms with van der Waals surface area (Å²) in [5, 5.41) is 3.20. The quantitative estimate of drug-likeness (QED) is 0.496. The number of allylic oxidation sites excluding steroid dienone is 1. The molecule has 0 radical (unpaired) electrons. The molecule has 0 atom stereocenters. The van der Waals surface area contributed by atoms with E-state index in [9.17, 15) is 0 Å². The number of anilines is 1. The Labute approximate surface area is 83.5 Å². The molecule has 2 heteroatoms. The molecule has 1 aliphatic rings. The minimum Gasteiger partial charge on any atom is -0.346 e. The molecule has 0 aliphatic carbocycles. The molecular formula is C11H11NS. The maximum Gasteiger partial charge on any atom is 0.111 e. The van der Waals surface area contributed by atoms with Crippen molar-refractivity contribution in [3.63, 3.8) is 0 Å². The first-order valence-corrected chi connectivity index (χ1v) is 4.69. The standard InChI is InChI=1S/C11H11NS/c1-7(2)10-8-5-3-4-6-9(8)12-11(10)13/h3-6H,1-2H3,(H,12,13). The topological polar surface area (TPSA) is 12.0 Å². The fraction of sp³-hybridized carbons (Fsp3) is 0.182. The predicted molar refractivity (Wildman–Crippen MR) is 60.9 cm³/mol. The Hall–Kier alpha value is -1.15. The first-order valence-electron chi connectivity index (χ1n) is 4.28. The van der Waals surface area contributed by atoms with Crippen LogP contribution in [0.5, 0.6) is 0 Å². The summed E-state index contributed by atoms with van der Waals surface area (Å²) in [7, 11) is 0. The second-order valence-electron chi connectivity index (χ2n) is 3.37. The summed E-state index contributed by atoms with van der Waals surface area (Å²) in [5.74, 6) is 0. The van der Waals surface area contributed by atoms with Crippen molar-refractivity contribution in [1.82, 2.24) is 0 Å². The summed E-state index contributed by atoms with van der Waals surface area (Å²) in [6.07, 6.45) is 0. The number of rotatable bonds is 0. The van der Waals surface area contributed by atoms with Crippen molar-refractivity contribution in [2.24, 2.45) is 0 Å². The molecule has 0 saturated heterocycles. The number of nitrogens with one attached hydrogen (secondary N) is 1. The van der Waals surface area contributed by atoms with Crippen LogP contribution in [0.1, 0.15) is 19.4 Å². The smallest absolute Gasteiger partial charge is 0.111 e. The van der Waals surface area contributed by atoms with Gasteiger partial charge in [0, 0.05) is 16.8 Å². The summed E-state index contributed by atoms with van der Waals surface area (Å²) in [6.45, 7) is 4.18. The van der Waals surface area contributed by atoms with Crippen molar-refractivity contribution in [1.29, 1.82) is 0 Å². The van der Waals surface area contributed by atoms with E-state index in [1.165, 1.54) is 16.7 Å². The van der Waals surface area contributed by atoms with Crippen LogP contribution in [0.25, 0.3) is 5.57 Å². The Kier molecular flexibility index (Phi) is 1.93. The van der Waals surface area contributed by atoms with Gasteiger partial charge in [0.15, 0.2) is 0 Å². The van der Waals surface area contributed by atoms with Gasteiger partial charge < -0.3 is 5.32 Å². The lowest BCUT2D eigenvalue weighted by Gasteiger charge is -2.00. The minimum atomic E-state index is 0.848. The highest BCUT2D eigenvalue weighted by Gasteiger charge is 2.20. The maximum absolute atomic E-state index is 5.25. The third-order valence-electron chi connectivity index (χ3n) is 2.17. The Morgan fingerprint density at radius 2 is 1.92 bits per heavy atom. The van der Waals surface area contributed by atoms with Gasteiger partial charge in [-0.05, 0) is 19.9 Å². The molecule has 1 aromatic rings. The van der Waals surface area contributed by atoms with Crippen LogP contribution in [0, 0.1) is 0 Å². The van der Waals surface area contributed by atoms with Gasteiger partial charge in [-0.15, -0.1) is 0 Å². The van der Waals surface area contributed by atoms with Gasteiger partial charge in [-0.3, -0.25) is 0 Å². The number of hydrogen-bond acceptors (Lipinski definition) is 1. The molecule has 1 N–H and O–H groups in total. The highest BCUT2D eigenvalue weighted by atomic mass is 32.1. The molecule has 0 saturated carbocycles. The Morgan fingerprint density at radius 3 is 2.62 bits per heavy atom. The monoisotopic (exact) mass is 189 g/mol. The van der Waals surface area contributed by atoms with Crippen molar-refractivity contribution in [3.05, 3.63) is 35.4 Å². The lowest BCUT2D eigenvalue weighted by molar-refractivity contribution is 1.41. The van der Waals surface area contributed by atoms with E-state index in [-0.39, 0.29) is 0 Å². The number of fused-ring (bicyclic) bond motifs is 1. The van der Waals surface area contributed by atoms with E-state index >= 15 is 0 Å². The average Bonchev–Trinajstić information content (AvgIpc) is 2.39. The van der Waals surface area contributed by atoms with Gasteiger partial charge in [0.05, 0.1) is 0 Å². The van der Waals surface area contributed by atoms with Crippen LogP contribution in [0.15, 0.2) is 29.8 Å². The zero-order valence-electron chi connectivity index (χ0n) is 7.72. The van der Waals surface area contributed by atoms with E-state index in [0.717, 1.165) is 10.7 Å². The van der Waals surface area contributed by atoms with Crippen molar-refractivity contribution in [3.8, 4) is 0 Å². The molecule has 1 aromatic carbocycles. The summed E-state index contributed by atoms with van der Waals surface area (Å²) in [5.41, 5.74) is 4.81. The second kappa shape index (κ2) is 2.96. The van der Waals surface area contributed by atoms with E-state index in [4.69, 9.17) is 12.2 Å². The van der Waals surface area contributed by atoms with Crippen molar-refractivity contribution in [2.75, 3.05) is 5.32 Å². The van der Waals surface area contributed by atoms with Crippen molar-refractivity contribution < 1.29 is 0 Å². The van der Waals surface area contributed by atoms with Crippen LogP contribution in [0.3, 0.4) is 0 Å². The molecule has 0 spiro atoms. The number of para-hydroxylation sites is 1. The third-order valence-corrected chi connectivity index (χ3v) is 2.48. The summed E-state index contributed by atoms with van der Waals surface area (Å²) >= 11 is 5.25. The van der Waals surface area contributed by atoms with Gasteiger partial charge in [0.1, 0.15) is 4.99 Å². The molecule has 2 rings (SSSR count). The van der Waals surface area contributed by atoms with E-state index < -0.39 is 0 Å². The van der Waals surface area contributed by atoms with Crippen molar-refractivity contribution >= 4 is 28.5 Å². The molecule has 0 aromatic heterocycles. The molecule has 0 amide bonds. The van der Waals surface area contributed by atoms with Gasteiger partial charge in [-0.1, -0.05) is 36.0 Å². The highest BCUT2D eigenvalue weighted by molar-refractivity contribution is 7.81. The molecule has 0 bridgehead atoms. The first-order chi connectivity index (χ1) is 6.20. The molecule has 66 valence electrons. The molecule has 0 unspecified atom stereocenters. The molecular weight excluding hydrogens is 178 g/mol. The number of benzene rings is 1. The fourth-order valence-corrected chi connectivity index (χ4v) is 2.04. The Bertz CT molecular complexity index is 400. The zero-order chi connectivity index (χ0) is 9.42. The lowest BCUT2D eigenvalue weighted by atomic mass is 10.0. The van der Waals surface area contributed by atoms with E-state index in [1.54, 1.807) is 0 Å². The molecule has 13 heavy (non-hydrogen) atoms. The number of hydrogen-bond donors (Lipinski definition) is 1. The SMILES string of the molecule is CC(C)=C1C(=S)Nc2ccccc21. The van der Waals surface area contributed by atoms with Gasteiger partial charge >= 0.3 is 0 Å². The van der Waals surface area contributed by atoms with E-state index in [2.05, 4.69) is 31.3 Å². The third kappa shape index (κ3) is 1.27. The lowest BCUT2D eigenvalue weighted by Crippen LogP contribution is -2.01. The predicted octanol–water partition coefficient (Wildman–Crippen LogP) is 3.23. The maximum atomic E-state index is 5.25. The first kappa shape index (κ1) is 8.45. The average molecular weight is 189 g/mol. The normalized spacial score (nSPS) is 14.0. The second-order valence-corrected chi connectivity index (χ2v) is 3.78. The van der Waals surface area contributed by atoms with Crippen LogP contribution >= 0.6 is 12.2 Å². The van der Waals surface area contributed by atoms with Crippen LogP contribution in [0.4, 0.5) is 5.69 Å². The largest absolute Gasteiger partial charge is 0.346 e. The van der Waals surface area contributed by atoms with Gasteiger partial charge in [0.2, 0.25) is 0 Å². The van der Waals surface area contributed by atoms with E-state index in [1.807, 2.05) is 12.1 Å². The van der Waals surface area contributed by atoms with Gasteiger partial charge in [0.25, 0.3) is 0 Å². The van der Waals surface area contributed by atoms with Gasteiger partial charge in [-0.25, -0.2) is 0 Å². The summed E-state index contributed by atoms with van der Waals surface area (Å²) < 4.78 is 0. The van der Waals surface area contributed by atoms with Crippen molar-refractivity contribution in [2.45, 2.75) is 13.8 Å². The highest BCUT2D eigenvalue weighted by Crippen LogP contribution is 2.33. The zero-order valence-corrected chi connectivity index (χ0v) is 8.53. The van der Waals surface area contributed by atoms with Crippen LogP contribution in [-0.4, -0.2) is 4.99 Å². The molecule has 1 nitrogen and oxygen atoms in total. The number of thiocarbonyl (C=S) groups is 1. The fourth-order valence-electron chi connectivity index (χ4n) is 1.61. The van der Waals surface area contributed by atoms with E-state index in [0.29, 0.717) is 0 Å². The van der Waals surface area contributed by atoms with Gasteiger partial charge in [-0.2, -0.15) is 0 Å². The van der Waals surface area contributed by atoms with Crippen LogP contribution in [0.2, 0.25) is 0 Å². The van der Waals surface area contributed by atoms with Crippen LogP contribution in [-0.2, 0) is 0 Å². The minimum absolute atomic E-state index is 0.848. The summed E-state index contributed by atoms with van der Waals surface area (Å²) in [4.78, 5) is 0.848. The Morgan fingerprint density at radius 1 is 1.23 bits per heavy atom. The molecule has 1 aliphatic heterocycles. The summed E-state index contributed by atoms with van der Waals surface area (Å²) in [6, 6.07) is 8.21.